The first-order valence-electron chi connectivity index (χ1n) is 7.27. The number of piperazine rings is 1. The molecule has 0 saturated carbocycles. The molecule has 1 rings (SSSR count). The Kier molecular flexibility index (Phi) is 6.16. The largest absolute Gasteiger partial charge is 0.480 e. The fourth-order valence-electron chi connectivity index (χ4n) is 2.01. The molecule has 1 aliphatic rings. The Morgan fingerprint density at radius 1 is 1.18 bits per heavy atom. The second-order valence-electron chi connectivity index (χ2n) is 6.43. The molecule has 8 heteroatoms. The lowest BCUT2D eigenvalue weighted by Gasteiger charge is -2.33. The van der Waals surface area contributed by atoms with Crippen molar-refractivity contribution in [1.29, 1.82) is 0 Å². The molecule has 22 heavy (non-hydrogen) atoms. The Hall–Kier alpha value is -1.83. The van der Waals surface area contributed by atoms with Crippen LogP contribution in [0.4, 0.5) is 4.79 Å². The molecular formula is C14H25N3O5. The molecule has 126 valence electrons. The van der Waals surface area contributed by atoms with E-state index in [1.807, 2.05) is 7.05 Å². The number of rotatable bonds is 4. The molecule has 1 atom stereocenters. The second-order valence-corrected chi connectivity index (χ2v) is 6.43. The second kappa shape index (κ2) is 7.44. The van der Waals surface area contributed by atoms with Gasteiger partial charge in [0.15, 0.2) is 0 Å². The molecule has 2 amide bonds. The van der Waals surface area contributed by atoms with Crippen LogP contribution in [0.15, 0.2) is 0 Å². The van der Waals surface area contributed by atoms with Gasteiger partial charge in [0, 0.05) is 26.2 Å². The topological polar surface area (TPSA) is 99.2 Å². The highest BCUT2D eigenvalue weighted by Gasteiger charge is 2.29. The van der Waals surface area contributed by atoms with Gasteiger partial charge in [0.25, 0.3) is 0 Å². The fourth-order valence-corrected chi connectivity index (χ4v) is 2.01. The summed E-state index contributed by atoms with van der Waals surface area (Å²) in [6.07, 6.45) is -1.12. The van der Waals surface area contributed by atoms with E-state index in [0.717, 1.165) is 13.1 Å². The molecule has 0 aromatic carbocycles. The molecule has 0 aromatic rings. The fraction of sp³-hybridized carbons (Fsp3) is 0.786. The van der Waals surface area contributed by atoms with E-state index in [1.165, 1.54) is 0 Å². The summed E-state index contributed by atoms with van der Waals surface area (Å²) in [6, 6.07) is -1.29. The van der Waals surface area contributed by atoms with Crippen molar-refractivity contribution in [3.63, 3.8) is 0 Å². The summed E-state index contributed by atoms with van der Waals surface area (Å²) in [5, 5.41) is 11.4. The number of alkyl carbamates (subject to hydrolysis) is 1. The van der Waals surface area contributed by atoms with Crippen LogP contribution in [0.1, 0.15) is 27.2 Å². The van der Waals surface area contributed by atoms with Crippen molar-refractivity contribution in [1.82, 2.24) is 15.1 Å². The quantitative estimate of drug-likeness (QED) is 0.765. The Morgan fingerprint density at radius 3 is 2.18 bits per heavy atom. The summed E-state index contributed by atoms with van der Waals surface area (Å²) >= 11 is 0. The number of ether oxygens (including phenoxy) is 1. The number of hydrogen-bond donors (Lipinski definition) is 2. The van der Waals surface area contributed by atoms with Gasteiger partial charge in [0.2, 0.25) is 5.91 Å². The first-order chi connectivity index (χ1) is 10.1. The third-order valence-electron chi connectivity index (χ3n) is 3.22. The van der Waals surface area contributed by atoms with Crippen molar-refractivity contribution >= 4 is 18.0 Å². The highest BCUT2D eigenvalue weighted by molar-refractivity contribution is 5.87. The molecule has 1 heterocycles. The van der Waals surface area contributed by atoms with Gasteiger partial charge in [-0.2, -0.15) is 0 Å². The van der Waals surface area contributed by atoms with E-state index >= 15 is 0 Å². The minimum absolute atomic E-state index is 0.279. The van der Waals surface area contributed by atoms with Gasteiger partial charge < -0.3 is 25.0 Å². The van der Waals surface area contributed by atoms with Crippen molar-refractivity contribution in [3.05, 3.63) is 0 Å². The first kappa shape index (κ1) is 18.2. The van der Waals surface area contributed by atoms with Gasteiger partial charge in [-0.15, -0.1) is 0 Å². The molecule has 0 aromatic heterocycles. The van der Waals surface area contributed by atoms with Crippen LogP contribution in [0.3, 0.4) is 0 Å². The predicted octanol–water partition coefficient (Wildman–Crippen LogP) is 0.128. The Morgan fingerprint density at radius 2 is 1.73 bits per heavy atom. The van der Waals surface area contributed by atoms with E-state index in [0.29, 0.717) is 13.1 Å². The van der Waals surface area contributed by atoms with E-state index in [1.54, 1.807) is 25.7 Å². The maximum atomic E-state index is 12.1. The Bertz CT molecular complexity index is 425. The predicted molar refractivity (Wildman–Crippen MR) is 79.5 cm³/mol. The van der Waals surface area contributed by atoms with Gasteiger partial charge in [-0.05, 0) is 27.8 Å². The van der Waals surface area contributed by atoms with Crippen LogP contribution in [-0.2, 0) is 14.3 Å². The highest BCUT2D eigenvalue weighted by Crippen LogP contribution is 2.08. The minimum atomic E-state index is -1.29. The number of hydrogen-bond acceptors (Lipinski definition) is 5. The van der Waals surface area contributed by atoms with Gasteiger partial charge >= 0.3 is 12.1 Å². The van der Waals surface area contributed by atoms with Crippen LogP contribution in [0.2, 0.25) is 0 Å². The van der Waals surface area contributed by atoms with E-state index in [4.69, 9.17) is 9.84 Å². The maximum absolute atomic E-state index is 12.1. The lowest BCUT2D eigenvalue weighted by molar-refractivity contribution is -0.144. The number of carboxylic acid groups (broad SMARTS) is 1. The minimum Gasteiger partial charge on any atom is -0.480 e. The van der Waals surface area contributed by atoms with E-state index < -0.39 is 23.7 Å². The molecular weight excluding hydrogens is 290 g/mol. The van der Waals surface area contributed by atoms with Crippen LogP contribution in [0.5, 0.6) is 0 Å². The third-order valence-corrected chi connectivity index (χ3v) is 3.22. The number of nitrogens with zero attached hydrogens (tertiary/aromatic N) is 2. The number of nitrogens with one attached hydrogen (secondary N) is 1. The highest BCUT2D eigenvalue weighted by atomic mass is 16.6. The first-order valence-corrected chi connectivity index (χ1v) is 7.27. The average molecular weight is 315 g/mol. The van der Waals surface area contributed by atoms with E-state index in [2.05, 4.69) is 10.2 Å². The lowest BCUT2D eigenvalue weighted by atomic mass is 10.1. The molecule has 1 saturated heterocycles. The van der Waals surface area contributed by atoms with Gasteiger partial charge in [0.1, 0.15) is 11.6 Å². The zero-order valence-corrected chi connectivity index (χ0v) is 13.6. The van der Waals surface area contributed by atoms with Gasteiger partial charge in [-0.3, -0.25) is 4.79 Å². The van der Waals surface area contributed by atoms with Crippen molar-refractivity contribution in [2.24, 2.45) is 0 Å². The summed E-state index contributed by atoms with van der Waals surface area (Å²) in [6.45, 7) is 7.67. The number of amides is 2. The molecule has 0 bridgehead atoms. The van der Waals surface area contributed by atoms with Crippen LogP contribution < -0.4 is 5.32 Å². The SMILES string of the molecule is CN1CCN(C(=O)C[C@@H](NC(=O)OC(C)(C)C)C(=O)O)CC1. The Labute approximate surface area is 130 Å². The zero-order valence-electron chi connectivity index (χ0n) is 13.6. The summed E-state index contributed by atoms with van der Waals surface area (Å²) in [7, 11) is 1.96. The van der Waals surface area contributed by atoms with E-state index in [9.17, 15) is 14.4 Å². The van der Waals surface area contributed by atoms with Crippen molar-refractivity contribution in [2.45, 2.75) is 38.8 Å². The van der Waals surface area contributed by atoms with E-state index in [-0.39, 0.29) is 12.3 Å². The number of carbonyl (C=O) groups is 3. The summed E-state index contributed by atoms with van der Waals surface area (Å²) < 4.78 is 5.01. The number of aliphatic carboxylic acids is 1. The van der Waals surface area contributed by atoms with Crippen molar-refractivity contribution in [3.8, 4) is 0 Å². The third kappa shape index (κ3) is 6.30. The van der Waals surface area contributed by atoms with Crippen LogP contribution in [0, 0.1) is 0 Å². The molecule has 1 aliphatic heterocycles. The summed E-state index contributed by atoms with van der Waals surface area (Å²) in [5.41, 5.74) is -0.728. The van der Waals surface area contributed by atoms with Crippen molar-refractivity contribution < 1.29 is 24.2 Å². The molecule has 8 nitrogen and oxygen atoms in total. The molecule has 0 unspecified atom stereocenters. The lowest BCUT2D eigenvalue weighted by Crippen LogP contribution is -2.50. The Balaban J connectivity index is 2.55. The zero-order chi connectivity index (χ0) is 16.9. The van der Waals surface area contributed by atoms with Gasteiger partial charge in [-0.25, -0.2) is 9.59 Å². The molecule has 0 aliphatic carbocycles. The van der Waals surface area contributed by atoms with Gasteiger partial charge in [-0.1, -0.05) is 0 Å². The molecule has 1 fully saturated rings. The van der Waals surface area contributed by atoms with Crippen LogP contribution in [-0.4, -0.2) is 77.7 Å². The molecule has 0 radical (unpaired) electrons. The number of carboxylic acids is 1. The molecule has 0 spiro atoms. The van der Waals surface area contributed by atoms with Crippen molar-refractivity contribution in [2.75, 3.05) is 33.2 Å². The van der Waals surface area contributed by atoms with Crippen LogP contribution >= 0.6 is 0 Å². The van der Waals surface area contributed by atoms with Crippen LogP contribution in [0.25, 0.3) is 0 Å². The smallest absolute Gasteiger partial charge is 0.408 e. The summed E-state index contributed by atoms with van der Waals surface area (Å²) in [5.74, 6) is -1.54. The normalized spacial score (nSPS) is 17.7. The van der Waals surface area contributed by atoms with Gasteiger partial charge in [0.05, 0.1) is 6.42 Å². The standard InChI is InChI=1S/C14H25N3O5/c1-14(2,3)22-13(21)15-10(12(19)20)9-11(18)17-7-5-16(4)6-8-17/h10H,5-9H2,1-4H3,(H,15,21)(H,19,20)/t10-/m1/s1. The average Bonchev–Trinajstić information content (AvgIpc) is 2.36. The monoisotopic (exact) mass is 315 g/mol. The summed E-state index contributed by atoms with van der Waals surface area (Å²) in [4.78, 5) is 38.7. The number of carbonyl (C=O) groups excluding carboxylic acids is 2. The number of likely N-dealkylation sites (N-methyl/N-ethyl adjacent to an activating group) is 1. The molecule has 2 N–H and O–H groups in total. The maximum Gasteiger partial charge on any atom is 0.408 e.